The molecule has 0 aromatic carbocycles. The first-order valence-electron chi connectivity index (χ1n) is 4.45. The van der Waals surface area contributed by atoms with Crippen LogP contribution in [0.3, 0.4) is 0 Å². The van der Waals surface area contributed by atoms with Crippen LogP contribution in [0.5, 0.6) is 0 Å². The SMILES string of the molecule is COC(=O)CCCNC(=O)c1cn[nH]n1. The minimum atomic E-state index is -0.311. The Kier molecular flexibility index (Phi) is 4.27. The number of methoxy groups -OCH3 is 1. The number of carbonyl (C=O) groups excluding carboxylic acids is 2. The highest BCUT2D eigenvalue weighted by Gasteiger charge is 2.07. The molecule has 1 heterocycles. The molecule has 0 saturated carbocycles. The third kappa shape index (κ3) is 3.75. The lowest BCUT2D eigenvalue weighted by atomic mass is 10.3. The zero-order chi connectivity index (χ0) is 11.1. The molecule has 82 valence electrons. The van der Waals surface area contributed by atoms with E-state index in [4.69, 9.17) is 0 Å². The molecular formula is C8H12N4O3. The standard InChI is InChI=1S/C8H12N4O3/c1-15-7(13)3-2-4-9-8(14)6-5-10-12-11-6/h5H,2-4H2,1H3,(H,9,14)(H,10,11,12). The molecule has 1 rings (SSSR count). The summed E-state index contributed by atoms with van der Waals surface area (Å²) in [6, 6.07) is 0. The van der Waals surface area contributed by atoms with Crippen LogP contribution < -0.4 is 5.32 Å². The number of esters is 1. The maximum absolute atomic E-state index is 11.3. The zero-order valence-corrected chi connectivity index (χ0v) is 8.32. The van der Waals surface area contributed by atoms with Crippen molar-refractivity contribution in [2.75, 3.05) is 13.7 Å². The van der Waals surface area contributed by atoms with Crippen molar-refractivity contribution in [2.24, 2.45) is 0 Å². The molecule has 0 atom stereocenters. The van der Waals surface area contributed by atoms with Gasteiger partial charge in [0, 0.05) is 13.0 Å². The van der Waals surface area contributed by atoms with Gasteiger partial charge in [0.15, 0.2) is 5.69 Å². The second-order valence-corrected chi connectivity index (χ2v) is 2.79. The van der Waals surface area contributed by atoms with E-state index in [9.17, 15) is 9.59 Å². The van der Waals surface area contributed by atoms with E-state index in [1.807, 2.05) is 0 Å². The maximum atomic E-state index is 11.3. The Morgan fingerprint density at radius 3 is 3.00 bits per heavy atom. The molecular weight excluding hydrogens is 200 g/mol. The number of amides is 1. The predicted molar refractivity (Wildman–Crippen MR) is 50.0 cm³/mol. The first-order valence-corrected chi connectivity index (χ1v) is 4.45. The van der Waals surface area contributed by atoms with Crippen LogP contribution in [-0.2, 0) is 9.53 Å². The van der Waals surface area contributed by atoms with Gasteiger partial charge in [0.25, 0.3) is 5.91 Å². The van der Waals surface area contributed by atoms with E-state index in [1.165, 1.54) is 13.3 Å². The normalized spacial score (nSPS) is 9.67. The number of nitrogens with zero attached hydrogens (tertiary/aromatic N) is 2. The van der Waals surface area contributed by atoms with Gasteiger partial charge in [0.05, 0.1) is 13.3 Å². The monoisotopic (exact) mass is 212 g/mol. The summed E-state index contributed by atoms with van der Waals surface area (Å²) >= 11 is 0. The van der Waals surface area contributed by atoms with E-state index in [0.717, 1.165) is 0 Å². The van der Waals surface area contributed by atoms with Gasteiger partial charge in [-0.3, -0.25) is 9.59 Å². The number of carbonyl (C=O) groups is 2. The summed E-state index contributed by atoms with van der Waals surface area (Å²) < 4.78 is 4.45. The summed E-state index contributed by atoms with van der Waals surface area (Å²) in [5, 5.41) is 12.0. The van der Waals surface area contributed by atoms with Gasteiger partial charge in [0.2, 0.25) is 0 Å². The van der Waals surface area contributed by atoms with Crippen LogP contribution in [0.2, 0.25) is 0 Å². The Balaban J connectivity index is 2.16. The van der Waals surface area contributed by atoms with Crippen molar-refractivity contribution in [3.63, 3.8) is 0 Å². The summed E-state index contributed by atoms with van der Waals surface area (Å²) in [5.74, 6) is -0.598. The van der Waals surface area contributed by atoms with Gasteiger partial charge in [-0.05, 0) is 6.42 Å². The van der Waals surface area contributed by atoms with Crippen molar-refractivity contribution in [1.29, 1.82) is 0 Å². The van der Waals surface area contributed by atoms with Gasteiger partial charge in [-0.15, -0.1) is 0 Å². The second kappa shape index (κ2) is 5.74. The predicted octanol–water partition coefficient (Wildman–Crippen LogP) is -0.512. The fourth-order valence-corrected chi connectivity index (χ4v) is 0.938. The van der Waals surface area contributed by atoms with E-state index in [2.05, 4.69) is 25.5 Å². The molecule has 0 bridgehead atoms. The molecule has 0 fully saturated rings. The molecule has 1 aromatic heterocycles. The molecule has 0 aliphatic heterocycles. The van der Waals surface area contributed by atoms with Crippen molar-refractivity contribution in [3.05, 3.63) is 11.9 Å². The Hall–Kier alpha value is -1.92. The molecule has 1 aromatic rings. The lowest BCUT2D eigenvalue weighted by Gasteiger charge is -2.01. The summed E-state index contributed by atoms with van der Waals surface area (Å²) in [5.41, 5.74) is 0.230. The second-order valence-electron chi connectivity index (χ2n) is 2.79. The largest absolute Gasteiger partial charge is 0.469 e. The van der Waals surface area contributed by atoms with Gasteiger partial charge in [-0.1, -0.05) is 0 Å². The van der Waals surface area contributed by atoms with E-state index < -0.39 is 0 Å². The quantitative estimate of drug-likeness (QED) is 0.506. The molecule has 0 aliphatic rings. The maximum Gasteiger partial charge on any atom is 0.305 e. The van der Waals surface area contributed by atoms with Crippen LogP contribution in [0.1, 0.15) is 23.3 Å². The Labute approximate surface area is 86.2 Å². The first-order chi connectivity index (χ1) is 7.24. The summed E-state index contributed by atoms with van der Waals surface area (Å²) in [4.78, 5) is 22.0. The summed E-state index contributed by atoms with van der Waals surface area (Å²) in [7, 11) is 1.33. The molecule has 7 heteroatoms. The number of hydrogen-bond acceptors (Lipinski definition) is 5. The molecule has 0 unspecified atom stereocenters. The van der Waals surface area contributed by atoms with E-state index in [1.54, 1.807) is 0 Å². The molecule has 0 saturated heterocycles. The van der Waals surface area contributed by atoms with Gasteiger partial charge in [-0.25, -0.2) is 0 Å². The summed E-state index contributed by atoms with van der Waals surface area (Å²) in [6.45, 7) is 0.404. The number of H-pyrrole nitrogens is 1. The molecule has 1 amide bonds. The van der Waals surface area contributed by atoms with Gasteiger partial charge in [0.1, 0.15) is 0 Å². The van der Waals surface area contributed by atoms with Crippen LogP contribution in [0.25, 0.3) is 0 Å². The van der Waals surface area contributed by atoms with E-state index in [-0.39, 0.29) is 24.0 Å². The third-order valence-corrected chi connectivity index (χ3v) is 1.72. The molecule has 7 nitrogen and oxygen atoms in total. The Morgan fingerprint density at radius 1 is 1.60 bits per heavy atom. The van der Waals surface area contributed by atoms with Crippen molar-refractivity contribution < 1.29 is 14.3 Å². The smallest absolute Gasteiger partial charge is 0.305 e. The van der Waals surface area contributed by atoms with Gasteiger partial charge in [-0.2, -0.15) is 15.4 Å². The Bertz CT molecular complexity index is 323. The number of aromatic nitrogens is 3. The minimum Gasteiger partial charge on any atom is -0.469 e. The highest BCUT2D eigenvalue weighted by molar-refractivity contribution is 5.91. The van der Waals surface area contributed by atoms with Crippen molar-refractivity contribution in [2.45, 2.75) is 12.8 Å². The van der Waals surface area contributed by atoms with E-state index in [0.29, 0.717) is 13.0 Å². The van der Waals surface area contributed by atoms with Crippen molar-refractivity contribution in [1.82, 2.24) is 20.7 Å². The average molecular weight is 212 g/mol. The molecule has 15 heavy (non-hydrogen) atoms. The van der Waals surface area contributed by atoms with Gasteiger partial charge >= 0.3 is 5.97 Å². The minimum absolute atomic E-state index is 0.230. The fourth-order valence-electron chi connectivity index (χ4n) is 0.938. The van der Waals surface area contributed by atoms with Crippen LogP contribution in [-0.4, -0.2) is 40.9 Å². The van der Waals surface area contributed by atoms with Crippen LogP contribution in [0, 0.1) is 0 Å². The van der Waals surface area contributed by atoms with Crippen molar-refractivity contribution >= 4 is 11.9 Å². The van der Waals surface area contributed by atoms with E-state index >= 15 is 0 Å². The van der Waals surface area contributed by atoms with Gasteiger partial charge < -0.3 is 10.1 Å². The van der Waals surface area contributed by atoms with Crippen LogP contribution in [0.4, 0.5) is 0 Å². The fraction of sp³-hybridized carbons (Fsp3) is 0.500. The lowest BCUT2D eigenvalue weighted by Crippen LogP contribution is -2.25. The molecule has 0 spiro atoms. The number of rotatable bonds is 5. The zero-order valence-electron chi connectivity index (χ0n) is 8.32. The highest BCUT2D eigenvalue weighted by Crippen LogP contribution is 1.92. The number of hydrogen-bond donors (Lipinski definition) is 2. The molecule has 0 radical (unpaired) electrons. The van der Waals surface area contributed by atoms with Crippen molar-refractivity contribution in [3.8, 4) is 0 Å². The lowest BCUT2D eigenvalue weighted by molar-refractivity contribution is -0.140. The molecule has 2 N–H and O–H groups in total. The first kappa shape index (κ1) is 11.2. The highest BCUT2D eigenvalue weighted by atomic mass is 16.5. The third-order valence-electron chi connectivity index (χ3n) is 1.72. The number of ether oxygens (including phenoxy) is 1. The average Bonchev–Trinajstić information content (AvgIpc) is 2.77. The number of nitrogens with one attached hydrogen (secondary N) is 2. The topological polar surface area (TPSA) is 97.0 Å². The Morgan fingerprint density at radius 2 is 2.40 bits per heavy atom. The summed E-state index contributed by atoms with van der Waals surface area (Å²) in [6.07, 6.45) is 2.15. The van der Waals surface area contributed by atoms with Crippen LogP contribution in [0.15, 0.2) is 6.20 Å². The van der Waals surface area contributed by atoms with Crippen LogP contribution >= 0.6 is 0 Å². The number of aromatic amines is 1. The molecule has 0 aliphatic carbocycles.